The lowest BCUT2D eigenvalue weighted by Gasteiger charge is -2.10. The first-order chi connectivity index (χ1) is 14.0. The molecule has 0 bridgehead atoms. The summed E-state index contributed by atoms with van der Waals surface area (Å²) in [5.41, 5.74) is 3.15. The predicted octanol–water partition coefficient (Wildman–Crippen LogP) is 3.63. The van der Waals surface area contributed by atoms with Crippen molar-refractivity contribution in [3.63, 3.8) is 0 Å². The lowest BCUT2D eigenvalue weighted by Crippen LogP contribution is -2.40. The number of carbonyl (C=O) groups excluding carboxylic acids is 2. The smallest absolute Gasteiger partial charge is 0.242 e. The van der Waals surface area contributed by atoms with Crippen LogP contribution in [0.25, 0.3) is 21.8 Å². The van der Waals surface area contributed by atoms with Crippen molar-refractivity contribution in [2.75, 3.05) is 6.54 Å². The van der Waals surface area contributed by atoms with Gasteiger partial charge in [0.25, 0.3) is 0 Å². The van der Waals surface area contributed by atoms with Crippen LogP contribution >= 0.6 is 11.3 Å². The topological polar surface area (TPSA) is 74.0 Å². The number of H-pyrrole nitrogens is 1. The van der Waals surface area contributed by atoms with Crippen molar-refractivity contribution in [2.45, 2.75) is 25.3 Å². The van der Waals surface area contributed by atoms with Gasteiger partial charge in [-0.25, -0.2) is 4.39 Å². The third-order valence-electron chi connectivity index (χ3n) is 4.88. The maximum Gasteiger partial charge on any atom is 0.242 e. The van der Waals surface area contributed by atoms with Crippen LogP contribution in [0, 0.1) is 10.9 Å². The molecule has 4 rings (SSSR count). The number of amides is 2. The van der Waals surface area contributed by atoms with Crippen molar-refractivity contribution in [3.05, 3.63) is 59.0 Å². The summed E-state index contributed by atoms with van der Waals surface area (Å²) in [6.07, 6.45) is 1.22. The van der Waals surface area contributed by atoms with Gasteiger partial charge in [-0.2, -0.15) is 4.39 Å². The number of hydrogen-bond donors (Lipinski definition) is 3. The van der Waals surface area contributed by atoms with E-state index >= 15 is 0 Å². The van der Waals surface area contributed by atoms with Crippen molar-refractivity contribution in [1.29, 1.82) is 0 Å². The third kappa shape index (κ3) is 4.37. The van der Waals surface area contributed by atoms with E-state index in [1.807, 2.05) is 6.07 Å². The van der Waals surface area contributed by atoms with E-state index in [-0.39, 0.29) is 29.2 Å². The van der Waals surface area contributed by atoms with E-state index < -0.39 is 6.04 Å². The van der Waals surface area contributed by atoms with Gasteiger partial charge in [0.1, 0.15) is 11.9 Å². The fourth-order valence-electron chi connectivity index (χ4n) is 3.41. The molecule has 29 heavy (non-hydrogen) atoms. The minimum absolute atomic E-state index is 0.158. The zero-order valence-corrected chi connectivity index (χ0v) is 16.2. The first-order valence-electron chi connectivity index (χ1n) is 9.30. The van der Waals surface area contributed by atoms with Gasteiger partial charge in [0.2, 0.25) is 11.8 Å². The van der Waals surface area contributed by atoms with Crippen LogP contribution in [0.4, 0.5) is 8.78 Å². The third-order valence-corrected chi connectivity index (χ3v) is 5.78. The molecule has 2 amide bonds. The van der Waals surface area contributed by atoms with Gasteiger partial charge in [-0.15, -0.1) is 11.3 Å². The van der Waals surface area contributed by atoms with Gasteiger partial charge in [0, 0.05) is 18.7 Å². The van der Waals surface area contributed by atoms with Crippen LogP contribution in [0.1, 0.15) is 18.4 Å². The molecule has 0 aliphatic carbocycles. The average Bonchev–Trinajstić information content (AvgIpc) is 3.41. The van der Waals surface area contributed by atoms with E-state index in [4.69, 9.17) is 0 Å². The van der Waals surface area contributed by atoms with Crippen LogP contribution in [-0.4, -0.2) is 29.4 Å². The van der Waals surface area contributed by atoms with Gasteiger partial charge in [-0.3, -0.25) is 9.59 Å². The van der Waals surface area contributed by atoms with Crippen molar-refractivity contribution in [3.8, 4) is 21.8 Å². The molecule has 1 aromatic carbocycles. The van der Waals surface area contributed by atoms with Gasteiger partial charge in [-0.1, -0.05) is 0 Å². The Morgan fingerprint density at radius 2 is 1.97 bits per heavy atom. The molecule has 8 heteroatoms. The number of aromatic amines is 1. The van der Waals surface area contributed by atoms with Crippen molar-refractivity contribution >= 4 is 23.2 Å². The molecule has 3 N–H and O–H groups in total. The number of aryl methyl sites for hydroxylation is 1. The Balaban J connectivity index is 1.55. The molecule has 1 aliphatic rings. The van der Waals surface area contributed by atoms with Crippen molar-refractivity contribution in [2.24, 2.45) is 0 Å². The second-order valence-corrected chi connectivity index (χ2v) is 7.93. The van der Waals surface area contributed by atoms with Crippen LogP contribution in [0.2, 0.25) is 0 Å². The van der Waals surface area contributed by atoms with Crippen molar-refractivity contribution < 1.29 is 18.4 Å². The van der Waals surface area contributed by atoms with Gasteiger partial charge >= 0.3 is 0 Å². The van der Waals surface area contributed by atoms with E-state index in [2.05, 4.69) is 15.6 Å². The monoisotopic (exact) mass is 415 g/mol. The molecule has 1 fully saturated rings. The molecule has 0 saturated carbocycles. The number of benzene rings is 1. The molecular formula is C21H19F2N3O2S. The second-order valence-electron chi connectivity index (χ2n) is 6.89. The first-order valence-corrected chi connectivity index (χ1v) is 10.1. The molecule has 1 atom stereocenters. The van der Waals surface area contributed by atoms with Crippen molar-refractivity contribution in [1.82, 2.24) is 15.6 Å². The summed E-state index contributed by atoms with van der Waals surface area (Å²) in [5.74, 6) is -0.701. The van der Waals surface area contributed by atoms with Gasteiger partial charge < -0.3 is 15.6 Å². The highest BCUT2D eigenvalue weighted by molar-refractivity contribution is 7.13. The molecule has 1 unspecified atom stereocenters. The zero-order chi connectivity index (χ0) is 20.4. The molecule has 1 aliphatic heterocycles. The quantitative estimate of drug-likeness (QED) is 0.575. The number of aromatic nitrogens is 1. The summed E-state index contributed by atoms with van der Waals surface area (Å²) in [6, 6.07) is 10.6. The molecular weight excluding hydrogens is 396 g/mol. The lowest BCUT2D eigenvalue weighted by molar-refractivity contribution is -0.127. The largest absolute Gasteiger partial charge is 0.354 e. The SMILES string of the molecule is O=C(CCc1cc(-c2ccc(F)s2)[nH]c1-c1ccc(F)cc1)NC1CCNC1=O. The lowest BCUT2D eigenvalue weighted by atomic mass is 10.0. The molecule has 3 aromatic rings. The fraction of sp³-hybridized carbons (Fsp3) is 0.238. The molecule has 0 radical (unpaired) electrons. The number of carbonyl (C=O) groups is 2. The highest BCUT2D eigenvalue weighted by atomic mass is 32.1. The highest BCUT2D eigenvalue weighted by Gasteiger charge is 2.25. The number of hydrogen-bond acceptors (Lipinski definition) is 3. The summed E-state index contributed by atoms with van der Waals surface area (Å²) in [5, 5.41) is 5.15. The standard InChI is InChI=1S/C21H19F2N3O2S/c22-14-4-1-12(2-5-14)20-13(11-16(26-20)17-6-7-18(23)29-17)3-8-19(27)25-15-9-10-24-21(15)28/h1-2,4-7,11,15,26H,3,8-10H2,(H,24,28)(H,25,27). The highest BCUT2D eigenvalue weighted by Crippen LogP contribution is 2.33. The van der Waals surface area contributed by atoms with Crippen LogP contribution in [0.3, 0.4) is 0 Å². The van der Waals surface area contributed by atoms with E-state index in [1.165, 1.54) is 18.2 Å². The minimum Gasteiger partial charge on any atom is -0.354 e. The maximum atomic E-state index is 13.4. The van der Waals surface area contributed by atoms with Crippen LogP contribution in [0.5, 0.6) is 0 Å². The second kappa shape index (κ2) is 8.16. The number of rotatable bonds is 6. The summed E-state index contributed by atoms with van der Waals surface area (Å²) in [6.45, 7) is 0.567. The normalized spacial score (nSPS) is 16.1. The molecule has 0 spiro atoms. The van der Waals surface area contributed by atoms with E-state index in [1.54, 1.807) is 18.2 Å². The molecule has 150 valence electrons. The van der Waals surface area contributed by atoms with Crippen LogP contribution < -0.4 is 10.6 Å². The van der Waals surface area contributed by atoms with Gasteiger partial charge in [0.15, 0.2) is 5.13 Å². The molecule has 3 heterocycles. The van der Waals surface area contributed by atoms with E-state index in [0.717, 1.165) is 38.7 Å². The minimum atomic E-state index is -0.477. The van der Waals surface area contributed by atoms with E-state index in [0.29, 0.717) is 19.4 Å². The van der Waals surface area contributed by atoms with Gasteiger partial charge in [0.05, 0.1) is 10.6 Å². The average molecular weight is 415 g/mol. The fourth-order valence-corrected chi connectivity index (χ4v) is 4.11. The van der Waals surface area contributed by atoms with Crippen LogP contribution in [-0.2, 0) is 16.0 Å². The Kier molecular flexibility index (Phi) is 5.44. The molecule has 2 aromatic heterocycles. The first kappa shape index (κ1) is 19.3. The summed E-state index contributed by atoms with van der Waals surface area (Å²) < 4.78 is 26.8. The Bertz CT molecular complexity index is 1040. The Morgan fingerprint density at radius 1 is 1.17 bits per heavy atom. The van der Waals surface area contributed by atoms with Gasteiger partial charge in [-0.05, 0) is 66.4 Å². The number of thiophene rings is 1. The molecule has 1 saturated heterocycles. The maximum absolute atomic E-state index is 13.4. The summed E-state index contributed by atoms with van der Waals surface area (Å²) >= 11 is 1.02. The predicted molar refractivity (Wildman–Crippen MR) is 107 cm³/mol. The Hall–Kier alpha value is -3.00. The summed E-state index contributed by atoms with van der Waals surface area (Å²) in [7, 11) is 0. The Morgan fingerprint density at radius 3 is 2.62 bits per heavy atom. The molecule has 5 nitrogen and oxygen atoms in total. The van der Waals surface area contributed by atoms with E-state index in [9.17, 15) is 18.4 Å². The Labute approximate surface area is 170 Å². The summed E-state index contributed by atoms with van der Waals surface area (Å²) in [4.78, 5) is 27.9. The van der Waals surface area contributed by atoms with Crippen LogP contribution in [0.15, 0.2) is 42.5 Å². The number of halogens is 2. The number of nitrogens with one attached hydrogen (secondary N) is 3. The zero-order valence-electron chi connectivity index (χ0n) is 15.4.